The van der Waals surface area contributed by atoms with E-state index in [9.17, 15) is 4.79 Å². The van der Waals surface area contributed by atoms with Gasteiger partial charge in [0.1, 0.15) is 0 Å². The smallest absolute Gasteiger partial charge is 0.257 e. The van der Waals surface area contributed by atoms with Gasteiger partial charge in [0.2, 0.25) is 0 Å². The minimum Gasteiger partial charge on any atom is -0.338 e. The molecule has 0 radical (unpaired) electrons. The third-order valence-corrected chi connectivity index (χ3v) is 5.12. The molecular weight excluding hydrogens is 302 g/mol. The summed E-state index contributed by atoms with van der Waals surface area (Å²) in [5.74, 6) is 0.659. The summed E-state index contributed by atoms with van der Waals surface area (Å²) in [6.07, 6.45) is 10.1. The van der Waals surface area contributed by atoms with Crippen molar-refractivity contribution in [2.75, 3.05) is 26.2 Å². The van der Waals surface area contributed by atoms with Gasteiger partial charge in [-0.3, -0.25) is 9.78 Å². The van der Waals surface area contributed by atoms with Gasteiger partial charge in [0.05, 0.1) is 5.56 Å². The van der Waals surface area contributed by atoms with Crippen molar-refractivity contribution in [3.8, 4) is 11.4 Å². The number of carbonyl (C=O) groups is 1. The standard InChI is InChI=1S/C18H21N5O/c24-17(23-9-1-4-18(13-23)5-8-20-12-18)15-10-21-16(22-11-15)14-2-6-19-7-3-14/h2-3,6-7,10-11,20H,1,4-5,8-9,12-13H2/t18-/m0/s1. The minimum absolute atomic E-state index is 0.0438. The van der Waals surface area contributed by atoms with Crippen LogP contribution in [0.2, 0.25) is 0 Å². The fourth-order valence-corrected chi connectivity index (χ4v) is 3.80. The largest absolute Gasteiger partial charge is 0.338 e. The van der Waals surface area contributed by atoms with Gasteiger partial charge in [-0.15, -0.1) is 0 Å². The molecule has 24 heavy (non-hydrogen) atoms. The van der Waals surface area contributed by atoms with Gasteiger partial charge in [0, 0.05) is 55.4 Å². The highest BCUT2D eigenvalue weighted by Gasteiger charge is 2.39. The van der Waals surface area contributed by atoms with E-state index in [-0.39, 0.29) is 11.3 Å². The van der Waals surface area contributed by atoms with E-state index in [1.807, 2.05) is 17.0 Å². The predicted molar refractivity (Wildman–Crippen MR) is 90.3 cm³/mol. The number of nitrogens with one attached hydrogen (secondary N) is 1. The van der Waals surface area contributed by atoms with Gasteiger partial charge in [-0.25, -0.2) is 9.97 Å². The Balaban J connectivity index is 1.50. The molecule has 6 nitrogen and oxygen atoms in total. The maximum absolute atomic E-state index is 12.8. The van der Waals surface area contributed by atoms with Crippen LogP contribution in [-0.4, -0.2) is 51.9 Å². The van der Waals surface area contributed by atoms with E-state index in [0.717, 1.165) is 44.6 Å². The second kappa shape index (κ2) is 6.28. The van der Waals surface area contributed by atoms with Crippen molar-refractivity contribution in [1.82, 2.24) is 25.2 Å². The summed E-state index contributed by atoms with van der Waals surface area (Å²) in [7, 11) is 0. The maximum Gasteiger partial charge on any atom is 0.257 e. The van der Waals surface area contributed by atoms with Crippen LogP contribution < -0.4 is 5.32 Å². The number of piperidine rings is 1. The number of likely N-dealkylation sites (tertiary alicyclic amines) is 1. The van der Waals surface area contributed by atoms with Crippen LogP contribution in [0.4, 0.5) is 0 Å². The number of nitrogens with zero attached hydrogens (tertiary/aromatic N) is 4. The van der Waals surface area contributed by atoms with Crippen LogP contribution in [0.5, 0.6) is 0 Å². The molecule has 2 saturated heterocycles. The van der Waals surface area contributed by atoms with Crippen LogP contribution in [0.25, 0.3) is 11.4 Å². The van der Waals surface area contributed by atoms with Crippen molar-refractivity contribution >= 4 is 5.91 Å². The summed E-state index contributed by atoms with van der Waals surface area (Å²) in [5, 5.41) is 3.44. The van der Waals surface area contributed by atoms with Crippen LogP contribution in [0.1, 0.15) is 29.6 Å². The number of hydrogen-bond donors (Lipinski definition) is 1. The fourth-order valence-electron chi connectivity index (χ4n) is 3.80. The Hall–Kier alpha value is -2.34. The molecule has 4 rings (SSSR count). The fraction of sp³-hybridized carbons (Fsp3) is 0.444. The first-order valence-corrected chi connectivity index (χ1v) is 8.48. The minimum atomic E-state index is 0.0438. The molecule has 2 aromatic rings. The summed E-state index contributed by atoms with van der Waals surface area (Å²) in [4.78, 5) is 27.5. The van der Waals surface area contributed by atoms with Crippen molar-refractivity contribution in [3.63, 3.8) is 0 Å². The monoisotopic (exact) mass is 323 g/mol. The highest BCUT2D eigenvalue weighted by molar-refractivity contribution is 5.93. The van der Waals surface area contributed by atoms with Gasteiger partial charge in [-0.05, 0) is 37.9 Å². The van der Waals surface area contributed by atoms with E-state index in [4.69, 9.17) is 0 Å². The molecule has 1 amide bonds. The molecule has 0 aromatic carbocycles. The van der Waals surface area contributed by atoms with Crippen molar-refractivity contribution in [2.24, 2.45) is 5.41 Å². The lowest BCUT2D eigenvalue weighted by Gasteiger charge is -2.40. The van der Waals surface area contributed by atoms with Gasteiger partial charge >= 0.3 is 0 Å². The van der Waals surface area contributed by atoms with E-state index in [0.29, 0.717) is 11.4 Å². The van der Waals surface area contributed by atoms with E-state index in [1.165, 1.54) is 6.42 Å². The first kappa shape index (κ1) is 15.2. The third kappa shape index (κ3) is 2.89. The summed E-state index contributed by atoms with van der Waals surface area (Å²) in [6.45, 7) is 3.75. The summed E-state index contributed by atoms with van der Waals surface area (Å²) in [5.41, 5.74) is 1.74. The van der Waals surface area contributed by atoms with Gasteiger partial charge < -0.3 is 10.2 Å². The van der Waals surface area contributed by atoms with Crippen molar-refractivity contribution in [1.29, 1.82) is 0 Å². The summed E-state index contributed by atoms with van der Waals surface area (Å²) >= 11 is 0. The van der Waals surface area contributed by atoms with E-state index in [1.54, 1.807) is 24.8 Å². The van der Waals surface area contributed by atoms with E-state index in [2.05, 4.69) is 20.3 Å². The Labute approximate surface area is 141 Å². The lowest BCUT2D eigenvalue weighted by Crippen LogP contribution is -2.47. The van der Waals surface area contributed by atoms with E-state index >= 15 is 0 Å². The average molecular weight is 323 g/mol. The zero-order valence-corrected chi connectivity index (χ0v) is 13.6. The third-order valence-electron chi connectivity index (χ3n) is 5.12. The molecule has 1 atom stereocenters. The Morgan fingerprint density at radius 3 is 2.67 bits per heavy atom. The molecule has 2 aliphatic heterocycles. The molecule has 2 aromatic heterocycles. The Bertz CT molecular complexity index is 710. The zero-order chi connectivity index (χ0) is 16.4. The highest BCUT2D eigenvalue weighted by Crippen LogP contribution is 2.35. The average Bonchev–Trinajstić information content (AvgIpc) is 3.09. The molecule has 6 heteroatoms. The van der Waals surface area contributed by atoms with Crippen LogP contribution in [0, 0.1) is 5.41 Å². The van der Waals surface area contributed by atoms with Crippen LogP contribution >= 0.6 is 0 Å². The van der Waals surface area contributed by atoms with Crippen molar-refractivity contribution in [3.05, 3.63) is 42.5 Å². The zero-order valence-electron chi connectivity index (χ0n) is 13.6. The van der Waals surface area contributed by atoms with E-state index < -0.39 is 0 Å². The predicted octanol–water partition coefficient (Wildman–Crippen LogP) is 1.75. The normalized spacial score (nSPS) is 23.6. The topological polar surface area (TPSA) is 71.0 Å². The number of carbonyl (C=O) groups excluding carboxylic acids is 1. The molecule has 1 spiro atoms. The number of rotatable bonds is 2. The van der Waals surface area contributed by atoms with Crippen LogP contribution in [0.3, 0.4) is 0 Å². The van der Waals surface area contributed by atoms with Gasteiger partial charge in [0.25, 0.3) is 5.91 Å². The van der Waals surface area contributed by atoms with Crippen molar-refractivity contribution < 1.29 is 4.79 Å². The lowest BCUT2D eigenvalue weighted by molar-refractivity contribution is 0.0552. The molecule has 2 fully saturated rings. The second-order valence-corrected chi connectivity index (χ2v) is 6.79. The lowest BCUT2D eigenvalue weighted by atomic mass is 9.79. The first-order valence-electron chi connectivity index (χ1n) is 8.48. The molecule has 0 aliphatic carbocycles. The maximum atomic E-state index is 12.8. The Kier molecular flexibility index (Phi) is 3.98. The molecule has 2 aliphatic rings. The number of aromatic nitrogens is 3. The molecule has 124 valence electrons. The molecule has 1 N–H and O–H groups in total. The Morgan fingerprint density at radius 2 is 1.96 bits per heavy atom. The highest BCUT2D eigenvalue weighted by atomic mass is 16.2. The Morgan fingerprint density at radius 1 is 1.17 bits per heavy atom. The summed E-state index contributed by atoms with van der Waals surface area (Å²) < 4.78 is 0. The van der Waals surface area contributed by atoms with Crippen LogP contribution in [0.15, 0.2) is 36.9 Å². The molecule has 4 heterocycles. The quantitative estimate of drug-likeness (QED) is 0.912. The molecule has 0 unspecified atom stereocenters. The van der Waals surface area contributed by atoms with Gasteiger partial charge in [-0.1, -0.05) is 0 Å². The SMILES string of the molecule is O=C(c1cnc(-c2ccncc2)nc1)N1CCC[C@@]2(CCNC2)C1. The second-order valence-electron chi connectivity index (χ2n) is 6.79. The number of pyridine rings is 1. The van der Waals surface area contributed by atoms with Gasteiger partial charge in [0.15, 0.2) is 5.82 Å². The van der Waals surface area contributed by atoms with Gasteiger partial charge in [-0.2, -0.15) is 0 Å². The van der Waals surface area contributed by atoms with Crippen LogP contribution in [-0.2, 0) is 0 Å². The first-order chi connectivity index (χ1) is 11.8. The van der Waals surface area contributed by atoms with Crippen molar-refractivity contribution in [2.45, 2.75) is 19.3 Å². The molecule has 0 bridgehead atoms. The molecular formula is C18H21N5O. The number of hydrogen-bond acceptors (Lipinski definition) is 5. The summed E-state index contributed by atoms with van der Waals surface area (Å²) in [6, 6.07) is 3.72. The number of amides is 1. The molecule has 0 saturated carbocycles.